The molecule has 0 amide bonds. The highest BCUT2D eigenvalue weighted by atomic mass is 32.2. The second kappa shape index (κ2) is 6.74. The Labute approximate surface area is 140 Å². The summed E-state index contributed by atoms with van der Waals surface area (Å²) in [6.45, 7) is 0.292. The Morgan fingerprint density at radius 2 is 1.96 bits per heavy atom. The molecule has 0 saturated heterocycles. The van der Waals surface area contributed by atoms with Gasteiger partial charge in [-0.3, -0.25) is 0 Å². The molecular weight excluding hydrogens is 330 g/mol. The van der Waals surface area contributed by atoms with E-state index >= 15 is 0 Å². The van der Waals surface area contributed by atoms with Crippen molar-refractivity contribution in [3.63, 3.8) is 0 Å². The van der Waals surface area contributed by atoms with E-state index < -0.39 is 10.0 Å². The highest BCUT2D eigenvalue weighted by molar-refractivity contribution is 7.89. The van der Waals surface area contributed by atoms with E-state index in [-0.39, 0.29) is 5.25 Å². The lowest BCUT2D eigenvalue weighted by molar-refractivity contribution is 0.579. The minimum atomic E-state index is -3.57. The van der Waals surface area contributed by atoms with Gasteiger partial charge >= 0.3 is 0 Å². The number of fused-ring (bicyclic) bond motifs is 1. The smallest absolute Gasteiger partial charge is 0.241 e. The quantitative estimate of drug-likeness (QED) is 0.600. The Balaban J connectivity index is 1.74. The number of sulfonamides is 1. The minimum Gasteiger partial charge on any atom is -0.348 e. The molecule has 0 aliphatic heterocycles. The number of nitrogens with zero attached hydrogens (tertiary/aromatic N) is 1. The summed E-state index contributed by atoms with van der Waals surface area (Å²) in [4.78, 5) is 7.39. The van der Waals surface area contributed by atoms with Crippen LogP contribution in [0.5, 0.6) is 0 Å². The molecule has 0 aliphatic rings. The van der Waals surface area contributed by atoms with Crippen molar-refractivity contribution < 1.29 is 8.42 Å². The van der Waals surface area contributed by atoms with E-state index in [0.717, 1.165) is 16.6 Å². The van der Waals surface area contributed by atoms with Crippen molar-refractivity contribution in [2.75, 3.05) is 6.54 Å². The van der Waals surface area contributed by atoms with Gasteiger partial charge in [-0.2, -0.15) is 12.6 Å². The zero-order valence-electron chi connectivity index (χ0n) is 12.3. The third kappa shape index (κ3) is 3.57. The van der Waals surface area contributed by atoms with Crippen LogP contribution in [0, 0.1) is 0 Å². The Hall–Kier alpha value is -1.83. The van der Waals surface area contributed by atoms with Gasteiger partial charge in [0, 0.05) is 24.3 Å². The number of rotatable bonds is 6. The zero-order valence-corrected chi connectivity index (χ0v) is 14.0. The third-order valence-corrected chi connectivity index (χ3v) is 5.61. The predicted octanol–water partition coefficient (Wildman–Crippen LogP) is 2.90. The Bertz CT molecular complexity index is 887. The number of hydrogen-bond donors (Lipinski definition) is 3. The van der Waals surface area contributed by atoms with Gasteiger partial charge in [0.15, 0.2) is 0 Å². The largest absolute Gasteiger partial charge is 0.348 e. The number of aromatic nitrogens is 2. The number of nitrogens with one attached hydrogen (secondary N) is 2. The molecule has 1 heterocycles. The van der Waals surface area contributed by atoms with E-state index in [0.29, 0.717) is 17.9 Å². The Morgan fingerprint density at radius 1 is 1.17 bits per heavy atom. The number of imidazole rings is 1. The second-order valence-electron chi connectivity index (χ2n) is 5.15. The van der Waals surface area contributed by atoms with Crippen LogP contribution in [-0.4, -0.2) is 24.9 Å². The zero-order chi connectivity index (χ0) is 16.3. The summed E-state index contributed by atoms with van der Waals surface area (Å²) in [6.07, 6.45) is 3.91. The molecule has 3 aromatic rings. The molecule has 7 heteroatoms. The maximum atomic E-state index is 12.6. The van der Waals surface area contributed by atoms with Crippen LogP contribution in [0.1, 0.15) is 17.5 Å². The van der Waals surface area contributed by atoms with E-state index in [1.165, 1.54) is 0 Å². The summed E-state index contributed by atoms with van der Waals surface area (Å²) >= 11 is 4.43. The number of benzene rings is 2. The Kier molecular flexibility index (Phi) is 4.70. The second-order valence-corrected chi connectivity index (χ2v) is 7.51. The van der Waals surface area contributed by atoms with E-state index in [9.17, 15) is 8.42 Å². The summed E-state index contributed by atoms with van der Waals surface area (Å²) in [5, 5.41) is 1.48. The monoisotopic (exact) mass is 347 g/mol. The van der Waals surface area contributed by atoms with Crippen molar-refractivity contribution in [3.8, 4) is 0 Å². The molecule has 0 saturated carbocycles. The van der Waals surface area contributed by atoms with Gasteiger partial charge in [-0.25, -0.2) is 18.1 Å². The molecule has 2 N–H and O–H groups in total. The van der Waals surface area contributed by atoms with Gasteiger partial charge in [-0.15, -0.1) is 0 Å². The molecule has 1 unspecified atom stereocenters. The van der Waals surface area contributed by atoms with Crippen molar-refractivity contribution in [2.45, 2.75) is 16.6 Å². The fraction of sp³-hybridized carbons (Fsp3) is 0.188. The number of aromatic amines is 1. The van der Waals surface area contributed by atoms with Crippen LogP contribution in [0.3, 0.4) is 0 Å². The highest BCUT2D eigenvalue weighted by Gasteiger charge is 2.17. The van der Waals surface area contributed by atoms with Crippen LogP contribution in [0.2, 0.25) is 0 Å². The first kappa shape index (κ1) is 16.0. The van der Waals surface area contributed by atoms with Gasteiger partial charge in [-0.1, -0.05) is 36.4 Å². The fourth-order valence-corrected chi connectivity index (χ4v) is 3.98. The average molecular weight is 347 g/mol. The molecule has 2 aromatic carbocycles. The van der Waals surface area contributed by atoms with Crippen molar-refractivity contribution in [1.82, 2.24) is 14.7 Å². The van der Waals surface area contributed by atoms with Crippen LogP contribution < -0.4 is 4.72 Å². The fourth-order valence-electron chi connectivity index (χ4n) is 2.43. The molecule has 1 atom stereocenters. The molecule has 0 spiro atoms. The maximum absolute atomic E-state index is 12.6. The SMILES string of the molecule is O=S(=O)(NCCC(S)c1ncc[nH]1)c1cccc2ccccc12. The first-order valence-corrected chi connectivity index (χ1v) is 9.22. The molecular formula is C16H17N3O2S2. The molecule has 23 heavy (non-hydrogen) atoms. The van der Waals surface area contributed by atoms with Crippen molar-refractivity contribution >= 4 is 33.4 Å². The van der Waals surface area contributed by atoms with Crippen LogP contribution in [0.4, 0.5) is 0 Å². The lowest BCUT2D eigenvalue weighted by Crippen LogP contribution is -2.25. The van der Waals surface area contributed by atoms with Crippen LogP contribution >= 0.6 is 12.6 Å². The van der Waals surface area contributed by atoms with Crippen LogP contribution in [-0.2, 0) is 10.0 Å². The maximum Gasteiger partial charge on any atom is 0.241 e. The lowest BCUT2D eigenvalue weighted by Gasteiger charge is -2.11. The highest BCUT2D eigenvalue weighted by Crippen LogP contribution is 2.23. The molecule has 120 valence electrons. The Morgan fingerprint density at radius 3 is 2.74 bits per heavy atom. The topological polar surface area (TPSA) is 74.8 Å². The number of H-pyrrole nitrogens is 1. The number of hydrogen-bond acceptors (Lipinski definition) is 4. The third-order valence-electron chi connectivity index (χ3n) is 3.58. The molecule has 0 radical (unpaired) electrons. The summed E-state index contributed by atoms with van der Waals surface area (Å²) in [5.74, 6) is 0.734. The average Bonchev–Trinajstić information content (AvgIpc) is 3.08. The summed E-state index contributed by atoms with van der Waals surface area (Å²) in [6, 6.07) is 12.7. The molecule has 3 rings (SSSR count). The van der Waals surface area contributed by atoms with Gasteiger partial charge in [0.05, 0.1) is 10.1 Å². The van der Waals surface area contributed by atoms with E-state index in [4.69, 9.17) is 0 Å². The summed E-state index contributed by atoms with van der Waals surface area (Å²) < 4.78 is 27.8. The lowest BCUT2D eigenvalue weighted by atomic mass is 10.1. The van der Waals surface area contributed by atoms with E-state index in [1.54, 1.807) is 24.5 Å². The summed E-state index contributed by atoms with van der Waals surface area (Å²) in [7, 11) is -3.57. The van der Waals surface area contributed by atoms with E-state index in [1.807, 2.05) is 30.3 Å². The summed E-state index contributed by atoms with van der Waals surface area (Å²) in [5.41, 5.74) is 0. The van der Waals surface area contributed by atoms with Gasteiger partial charge in [0.1, 0.15) is 5.82 Å². The first-order chi connectivity index (χ1) is 11.1. The van der Waals surface area contributed by atoms with Gasteiger partial charge < -0.3 is 4.98 Å². The molecule has 0 aliphatic carbocycles. The van der Waals surface area contributed by atoms with Gasteiger partial charge in [0.2, 0.25) is 10.0 Å². The number of thiol groups is 1. The predicted molar refractivity (Wildman–Crippen MR) is 94.1 cm³/mol. The minimum absolute atomic E-state index is 0.139. The molecule has 5 nitrogen and oxygen atoms in total. The first-order valence-electron chi connectivity index (χ1n) is 7.23. The van der Waals surface area contributed by atoms with Crippen LogP contribution in [0.15, 0.2) is 59.8 Å². The molecule has 1 aromatic heterocycles. The normalized spacial score (nSPS) is 13.3. The van der Waals surface area contributed by atoms with Crippen molar-refractivity contribution in [2.24, 2.45) is 0 Å². The van der Waals surface area contributed by atoms with Crippen molar-refractivity contribution in [3.05, 3.63) is 60.7 Å². The van der Waals surface area contributed by atoms with Crippen molar-refractivity contribution in [1.29, 1.82) is 0 Å². The van der Waals surface area contributed by atoms with E-state index in [2.05, 4.69) is 27.3 Å². The molecule has 0 fully saturated rings. The molecule has 0 bridgehead atoms. The van der Waals surface area contributed by atoms with Crippen LogP contribution in [0.25, 0.3) is 10.8 Å². The van der Waals surface area contributed by atoms with Gasteiger partial charge in [-0.05, 0) is 17.9 Å². The van der Waals surface area contributed by atoms with Gasteiger partial charge in [0.25, 0.3) is 0 Å². The standard InChI is InChI=1S/C16H17N3O2S2/c20-23(21,19-9-8-14(22)16-17-10-11-18-16)15-7-3-5-12-4-1-2-6-13(12)15/h1-7,10-11,14,19,22H,8-9H2,(H,17,18).